The smallest absolute Gasteiger partial charge is 0.215 e. The van der Waals surface area contributed by atoms with Gasteiger partial charge in [0.05, 0.1) is 17.9 Å². The molecule has 0 amide bonds. The molecular weight excluding hydrogens is 485 g/mol. The first-order valence-corrected chi connectivity index (χ1v) is 14.0. The molecule has 2 fully saturated rings. The number of imidazole rings is 1. The average molecular weight is 516 g/mol. The van der Waals surface area contributed by atoms with Gasteiger partial charge in [-0.3, -0.25) is 4.90 Å². The molecule has 0 spiro atoms. The number of sulfonamides is 1. The van der Waals surface area contributed by atoms with Crippen molar-refractivity contribution in [1.29, 1.82) is 0 Å². The maximum Gasteiger partial charge on any atom is 0.215 e. The van der Waals surface area contributed by atoms with Gasteiger partial charge in [-0.2, -0.15) is 5.10 Å². The number of ether oxygens (including phenoxy) is 1. The highest BCUT2D eigenvalue weighted by Gasteiger charge is 2.38. The Morgan fingerprint density at radius 3 is 2.72 bits per heavy atom. The Bertz CT molecular complexity index is 1370. The molecule has 0 aliphatic carbocycles. The van der Waals surface area contributed by atoms with E-state index in [0.717, 1.165) is 34.2 Å². The van der Waals surface area contributed by atoms with Crippen molar-refractivity contribution < 1.29 is 17.5 Å². The molecule has 12 heteroatoms. The summed E-state index contributed by atoms with van der Waals surface area (Å²) < 4.78 is 49.8. The van der Waals surface area contributed by atoms with Crippen molar-refractivity contribution in [2.75, 3.05) is 45.1 Å². The van der Waals surface area contributed by atoms with E-state index in [4.69, 9.17) is 9.72 Å². The number of halogens is 1. The van der Waals surface area contributed by atoms with Crippen LogP contribution in [0.4, 0.5) is 4.39 Å². The molecule has 3 aliphatic rings. The minimum atomic E-state index is -3.33. The largest absolute Gasteiger partial charge is 0.491 e. The van der Waals surface area contributed by atoms with Gasteiger partial charge in [-0.1, -0.05) is 6.07 Å². The fourth-order valence-electron chi connectivity index (χ4n) is 5.01. The highest BCUT2D eigenvalue weighted by atomic mass is 32.2. The molecular formula is C24H30FN7O3S. The van der Waals surface area contributed by atoms with Crippen molar-refractivity contribution >= 4 is 10.0 Å². The number of rotatable bonds is 7. The monoisotopic (exact) mass is 515 g/mol. The highest BCUT2D eigenvalue weighted by molar-refractivity contribution is 7.89. The topological polar surface area (TPSA) is 98.4 Å². The lowest BCUT2D eigenvalue weighted by atomic mass is 9.92. The number of fused-ring (bicyclic) bond motifs is 3. The van der Waals surface area contributed by atoms with Crippen molar-refractivity contribution in [1.82, 2.24) is 33.5 Å². The van der Waals surface area contributed by atoms with Crippen LogP contribution in [0.1, 0.15) is 31.4 Å². The van der Waals surface area contributed by atoms with Gasteiger partial charge in [0.25, 0.3) is 0 Å². The molecule has 0 bridgehead atoms. The van der Waals surface area contributed by atoms with E-state index >= 15 is 0 Å². The molecule has 3 aliphatic heterocycles. The molecule has 0 atom stereocenters. The Morgan fingerprint density at radius 2 is 1.97 bits per heavy atom. The van der Waals surface area contributed by atoms with Crippen LogP contribution in [-0.2, 0) is 16.6 Å². The Labute approximate surface area is 209 Å². The van der Waals surface area contributed by atoms with Crippen molar-refractivity contribution in [2.45, 2.75) is 38.5 Å². The molecule has 5 heterocycles. The van der Waals surface area contributed by atoms with E-state index in [0.29, 0.717) is 45.9 Å². The maximum atomic E-state index is 13.0. The number of alkyl halides is 1. The van der Waals surface area contributed by atoms with Crippen LogP contribution in [0.3, 0.4) is 0 Å². The third-order valence-electron chi connectivity index (χ3n) is 7.20. The molecule has 6 rings (SSSR count). The van der Waals surface area contributed by atoms with Gasteiger partial charge in [0.15, 0.2) is 5.82 Å². The minimum absolute atomic E-state index is 0.0370. The SMILES string of the molecule is CC(C)n1ncnc1-c1cn2c(n1)-c1ccc(C3CN(S(=O)(=O)CCN4CC(F)C4)C3)cc1OCC2. The second-order valence-corrected chi connectivity index (χ2v) is 12.1. The molecule has 2 aromatic heterocycles. The number of hydrogen-bond acceptors (Lipinski definition) is 7. The minimum Gasteiger partial charge on any atom is -0.491 e. The van der Waals surface area contributed by atoms with Gasteiger partial charge in [0.2, 0.25) is 10.0 Å². The lowest BCUT2D eigenvalue weighted by molar-refractivity contribution is 0.0713. The molecule has 1 aromatic carbocycles. The lowest BCUT2D eigenvalue weighted by Crippen LogP contribution is -2.53. The van der Waals surface area contributed by atoms with Gasteiger partial charge in [-0.25, -0.2) is 31.8 Å². The first-order valence-electron chi connectivity index (χ1n) is 12.4. The predicted molar refractivity (Wildman–Crippen MR) is 132 cm³/mol. The van der Waals surface area contributed by atoms with Crippen LogP contribution < -0.4 is 4.74 Å². The molecule has 2 saturated heterocycles. The van der Waals surface area contributed by atoms with Crippen LogP contribution in [0.5, 0.6) is 5.75 Å². The van der Waals surface area contributed by atoms with Crippen molar-refractivity contribution in [3.63, 3.8) is 0 Å². The van der Waals surface area contributed by atoms with Crippen LogP contribution in [0.25, 0.3) is 22.9 Å². The highest BCUT2D eigenvalue weighted by Crippen LogP contribution is 2.38. The molecule has 0 saturated carbocycles. The van der Waals surface area contributed by atoms with E-state index in [1.807, 2.05) is 34.0 Å². The van der Waals surface area contributed by atoms with Gasteiger partial charge in [0.1, 0.15) is 36.4 Å². The van der Waals surface area contributed by atoms with E-state index in [1.165, 1.54) is 4.31 Å². The fraction of sp³-hybridized carbons (Fsp3) is 0.542. The third kappa shape index (κ3) is 4.20. The first kappa shape index (κ1) is 23.6. The maximum absolute atomic E-state index is 13.0. The van der Waals surface area contributed by atoms with Crippen LogP contribution in [-0.4, -0.2) is 93.2 Å². The summed E-state index contributed by atoms with van der Waals surface area (Å²) in [5.41, 5.74) is 2.74. The van der Waals surface area contributed by atoms with Crippen LogP contribution >= 0.6 is 0 Å². The number of benzene rings is 1. The zero-order chi connectivity index (χ0) is 25.0. The van der Waals surface area contributed by atoms with Gasteiger partial charge in [0, 0.05) is 50.9 Å². The van der Waals surface area contributed by atoms with Crippen LogP contribution in [0.15, 0.2) is 30.7 Å². The number of aromatic nitrogens is 5. The zero-order valence-corrected chi connectivity index (χ0v) is 21.2. The van der Waals surface area contributed by atoms with Gasteiger partial charge in [-0.05, 0) is 31.5 Å². The molecule has 192 valence electrons. The van der Waals surface area contributed by atoms with Gasteiger partial charge >= 0.3 is 0 Å². The number of nitrogens with zero attached hydrogens (tertiary/aromatic N) is 7. The van der Waals surface area contributed by atoms with E-state index < -0.39 is 16.2 Å². The Kier molecular flexibility index (Phi) is 5.84. The second kappa shape index (κ2) is 8.93. The molecule has 0 unspecified atom stereocenters. The Morgan fingerprint density at radius 1 is 1.17 bits per heavy atom. The Hall–Kier alpha value is -2.83. The van der Waals surface area contributed by atoms with Gasteiger partial charge in [-0.15, -0.1) is 0 Å². The van der Waals surface area contributed by atoms with Crippen molar-refractivity contribution in [3.8, 4) is 28.7 Å². The fourth-order valence-corrected chi connectivity index (χ4v) is 6.57. The Balaban J connectivity index is 1.17. The standard InChI is InChI=1S/C24H30FN7O3S/c1-16(2)32-24(26-15-27-32)21-14-30-5-7-35-22-9-17(3-4-20(22)23(30)28-21)18-10-31(11-18)36(33,34)8-6-29-12-19(25)13-29/h3-4,9,14-16,18-19H,5-8,10-13H2,1-2H3. The lowest BCUT2D eigenvalue weighted by Gasteiger charge is -2.40. The third-order valence-corrected chi connectivity index (χ3v) is 8.98. The van der Waals surface area contributed by atoms with Crippen LogP contribution in [0, 0.1) is 0 Å². The normalized spacial score (nSPS) is 19.3. The first-order chi connectivity index (χ1) is 17.3. The second-order valence-electron chi connectivity index (χ2n) is 10.1. The zero-order valence-electron chi connectivity index (χ0n) is 20.4. The quantitative estimate of drug-likeness (QED) is 0.476. The van der Waals surface area contributed by atoms with Gasteiger partial charge < -0.3 is 9.30 Å². The van der Waals surface area contributed by atoms with Crippen LogP contribution in [0.2, 0.25) is 0 Å². The average Bonchev–Trinajstić information content (AvgIpc) is 3.39. The van der Waals surface area contributed by atoms with Crippen molar-refractivity contribution in [3.05, 3.63) is 36.3 Å². The molecule has 0 radical (unpaired) electrons. The predicted octanol–water partition coefficient (Wildman–Crippen LogP) is 2.16. The molecule has 36 heavy (non-hydrogen) atoms. The molecule has 10 nitrogen and oxygen atoms in total. The summed E-state index contributed by atoms with van der Waals surface area (Å²) in [5.74, 6) is 2.47. The van der Waals surface area contributed by atoms with E-state index in [-0.39, 0.29) is 17.7 Å². The summed E-state index contributed by atoms with van der Waals surface area (Å²) in [5, 5.41) is 4.33. The summed E-state index contributed by atoms with van der Waals surface area (Å²) in [7, 11) is -3.33. The molecule has 0 N–H and O–H groups in total. The number of likely N-dealkylation sites (tertiary alicyclic amines) is 1. The summed E-state index contributed by atoms with van der Waals surface area (Å²) in [6.07, 6.45) is 2.73. The summed E-state index contributed by atoms with van der Waals surface area (Å²) in [4.78, 5) is 11.1. The summed E-state index contributed by atoms with van der Waals surface area (Å²) >= 11 is 0. The summed E-state index contributed by atoms with van der Waals surface area (Å²) in [6, 6.07) is 6.25. The van der Waals surface area contributed by atoms with Crippen molar-refractivity contribution in [2.24, 2.45) is 0 Å². The number of hydrogen-bond donors (Lipinski definition) is 0. The van der Waals surface area contributed by atoms with E-state index in [1.54, 1.807) is 6.33 Å². The summed E-state index contributed by atoms with van der Waals surface area (Å²) in [6.45, 7) is 7.27. The molecule has 3 aromatic rings. The van der Waals surface area contributed by atoms with E-state index in [9.17, 15) is 12.8 Å². The van der Waals surface area contributed by atoms with E-state index in [2.05, 4.69) is 28.5 Å².